The van der Waals surface area contributed by atoms with Gasteiger partial charge in [-0.05, 0) is 191 Å². The Hall–Kier alpha value is -8.72. The van der Waals surface area contributed by atoms with Crippen LogP contribution in [0, 0.1) is 0 Å². The van der Waals surface area contributed by atoms with Gasteiger partial charge in [0.2, 0.25) is 11.8 Å². The molecule has 0 atom stereocenters. The number of carbonyl (C=O) groups excluding carboxylic acids is 8. The summed E-state index contributed by atoms with van der Waals surface area (Å²) in [5.41, 5.74) is 19.5. The van der Waals surface area contributed by atoms with Crippen LogP contribution in [0.2, 0.25) is 20.1 Å². The first-order valence-electron chi connectivity index (χ1n) is 42.3. The summed E-state index contributed by atoms with van der Waals surface area (Å²) < 4.78 is 19.4. The molecule has 28 nitrogen and oxygen atoms in total. The molecule has 4 amide bonds. The molecule has 0 bridgehead atoms. The number of halogens is 8. The van der Waals surface area contributed by atoms with Crippen molar-refractivity contribution in [2.75, 3.05) is 111 Å². The number of H-pyrrole nitrogens is 4. The van der Waals surface area contributed by atoms with Crippen LogP contribution in [0.15, 0.2) is 183 Å². The van der Waals surface area contributed by atoms with E-state index in [0.717, 1.165) is 143 Å². The first kappa shape index (κ1) is 119. The maximum atomic E-state index is 13.1. The van der Waals surface area contributed by atoms with E-state index in [9.17, 15) is 43.5 Å². The number of esters is 2. The number of imide groups is 1. The van der Waals surface area contributed by atoms with Crippen LogP contribution in [0.3, 0.4) is 0 Å². The average Bonchev–Trinajstić information content (AvgIpc) is 1.58. The van der Waals surface area contributed by atoms with Crippen LogP contribution in [0.1, 0.15) is 117 Å². The standard InChI is InChI=1S/C26H24ClN5O2.C13H11BrClNO3.C11H8ClNO3.2C9H9N3O.C8H6ClN.C6H15N.C5H12ClN.C4H8O.C4H9O.C2H4Br2.CH4.K/c1-4-31-15-19(18-14-16(27)10-11-20(18)31)22-23(26(34)28-25(22)33)24-17-8-5-6-9-21(17)32(29-24)13-7-12-30(2)3;1-19-13(18)12(17)10-7-16(5-4-14)11-3-2-8(15)6-9(10)11;1-16-11(15)10(14)8-5-13-9-3-2-6(12)4-7(8)9;2*10-9(13)5-8-6-3-1-2-4-7(6)11-12-8;9-7-1-2-8-6(5-7)3-4-10-8;1-4-5-6-7(2)3;1-7(2)5-3-4-6;1-2-4-5-3-1;1-4(2,3)5;3-1-2-4;;/h4-6,8-11,14-15H,1,7,12-13H2,2-3H3,(H,28,33,34);2-3,6-7H,4-5H2,1H3;2-5,13H,1H3;2*1-4H,5H2,(H2,10,13)(H,11,12);1-5,10H;4-6H2,1-3H3;3-5H2,1-2H3;1-4H2;1-3H3;1-2H2;1H4;/q;;;;;;;;;-1;;;+1. The third-order valence-electron chi connectivity index (χ3n) is 19.0. The van der Waals surface area contributed by atoms with Gasteiger partial charge in [-0.2, -0.15) is 15.3 Å². The van der Waals surface area contributed by atoms with Crippen LogP contribution in [-0.4, -0.2) is 228 Å². The molecule has 0 spiro atoms. The van der Waals surface area contributed by atoms with E-state index in [4.69, 9.17) is 79.3 Å². The number of primary amides is 2. The maximum Gasteiger partial charge on any atom is 1.00 e. The van der Waals surface area contributed by atoms with E-state index >= 15 is 0 Å². The molecule has 9 N–H and O–H groups in total. The Morgan fingerprint density at radius 1 is 0.570 bits per heavy atom. The summed E-state index contributed by atoms with van der Waals surface area (Å²) >= 11 is 39.0. The molecule has 135 heavy (non-hydrogen) atoms. The predicted molar refractivity (Wildman–Crippen MR) is 556 cm³/mol. The van der Waals surface area contributed by atoms with Gasteiger partial charge in [-0.3, -0.25) is 49.0 Å². The molecule has 7 aromatic heterocycles. The molecule has 0 aliphatic carbocycles. The molecule has 0 saturated carbocycles. The van der Waals surface area contributed by atoms with Crippen molar-refractivity contribution in [3.63, 3.8) is 0 Å². The van der Waals surface area contributed by atoms with Crippen molar-refractivity contribution >= 4 is 247 Å². The molecule has 0 unspecified atom stereocenters. The second kappa shape index (κ2) is 61.6. The van der Waals surface area contributed by atoms with Gasteiger partial charge >= 0.3 is 63.3 Å². The van der Waals surface area contributed by atoms with Gasteiger partial charge in [0.1, 0.15) is 5.69 Å². The number of hydrogen-bond acceptors (Lipinski definition) is 18. The minimum absolute atomic E-state index is 0. The molecule has 16 rings (SSSR count). The molecule has 0 radical (unpaired) electrons. The number of benzene rings is 7. The van der Waals surface area contributed by atoms with Gasteiger partial charge < -0.3 is 64.6 Å². The number of aryl methyl sites for hydroxylation is 2. The average molecular weight is 2170 g/mol. The number of nitrogens with one attached hydrogen (secondary N) is 5. The molecule has 7 aromatic carbocycles. The molecule has 9 heterocycles. The Morgan fingerprint density at radius 3 is 1.53 bits per heavy atom. The van der Waals surface area contributed by atoms with Crippen molar-refractivity contribution in [3.05, 3.63) is 237 Å². The predicted octanol–water partition coefficient (Wildman–Crippen LogP) is 16.4. The van der Waals surface area contributed by atoms with E-state index in [0.29, 0.717) is 61.3 Å². The molecule has 2 aliphatic heterocycles. The molecule has 720 valence electrons. The van der Waals surface area contributed by atoms with Gasteiger partial charge in [-0.15, -0.1) is 17.2 Å². The smallest absolute Gasteiger partial charge is 0.850 e. The van der Waals surface area contributed by atoms with Crippen molar-refractivity contribution in [2.24, 2.45) is 11.5 Å². The van der Waals surface area contributed by atoms with Crippen molar-refractivity contribution in [1.82, 2.24) is 69.3 Å². The van der Waals surface area contributed by atoms with Crippen molar-refractivity contribution < 1.29 is 109 Å². The van der Waals surface area contributed by atoms with Gasteiger partial charge in [-0.25, -0.2) is 9.59 Å². The monoisotopic (exact) mass is 2160 g/mol. The Bertz CT molecular complexity index is 6100. The summed E-state index contributed by atoms with van der Waals surface area (Å²) in [5, 5.41) is 42.2. The minimum atomic E-state index is -0.888. The van der Waals surface area contributed by atoms with Gasteiger partial charge in [-0.1, -0.05) is 197 Å². The van der Waals surface area contributed by atoms with Gasteiger partial charge in [0.15, 0.2) is 0 Å². The number of aromatic nitrogens is 10. The number of ketones is 2. The summed E-state index contributed by atoms with van der Waals surface area (Å²) in [6, 6.07) is 46.6. The van der Waals surface area contributed by atoms with Crippen LogP contribution < -0.4 is 73.3 Å². The zero-order valence-corrected chi connectivity index (χ0v) is 89.2. The number of aromatic amines is 4. The third-order valence-corrected chi connectivity index (χ3v) is 22.4. The van der Waals surface area contributed by atoms with Crippen molar-refractivity contribution in [2.45, 2.75) is 105 Å². The van der Waals surface area contributed by atoms with Crippen LogP contribution in [0.4, 0.5) is 0 Å². The number of para-hydroxylation sites is 3. The number of nitrogens with two attached hydrogens (primary N) is 2. The second-order valence-electron chi connectivity index (χ2n) is 31.4. The number of ether oxygens (including phenoxy) is 3. The molecule has 2 aliphatic rings. The number of rotatable bonds is 24. The quantitative estimate of drug-likeness (QED) is 0.00738. The van der Waals surface area contributed by atoms with E-state index in [1.165, 1.54) is 52.6 Å². The number of alkyl halides is 4. The first-order chi connectivity index (χ1) is 63.4. The Kier molecular flexibility index (Phi) is 54.1. The van der Waals surface area contributed by atoms with Crippen LogP contribution in [-0.2, 0) is 68.9 Å². The summed E-state index contributed by atoms with van der Waals surface area (Å²) in [5.74, 6) is -3.95. The SMILES string of the molecule is BrCCBr.C.C1CCOC1.C=Cn1cc(C2=C(c3nn(CCCN(C)C)c4ccccc34)C(=O)NC2=O)c2cc(Cl)ccc21.CC(C)(C)[O-].CCCCN(C)C.CN(C)CCCCl.COC(=O)C(=O)c1c[nH]c2ccc(Cl)cc12.COC(=O)C(=O)c1cn(CCBr)c2ccc(Cl)cc12.Clc1ccc2[nH]ccc2c1.NC(=O)Cc1[nH]nc2ccccc12.NC(=O)Cc1[nH]nc2ccccc12.[K+]. The summed E-state index contributed by atoms with van der Waals surface area (Å²) in [7, 11) is 14.7. The molecule has 1 fully saturated rings. The Balaban J connectivity index is 0.000000330. The number of carbonyl (C=O) groups is 8. The second-order valence-corrected chi connectivity index (χ2v) is 35.9. The number of unbranched alkanes of at least 4 members (excludes halogenated alkanes) is 1. The van der Waals surface area contributed by atoms with Gasteiger partial charge in [0, 0.05) is 159 Å². The number of methoxy groups -OCH3 is 2. The fraction of sp³-hybridized carbons (Fsp3) is 0.337. The largest absolute Gasteiger partial charge is 1.00 e. The fourth-order valence-electron chi connectivity index (χ4n) is 13.0. The molecular formula is C98H119Br3Cl5KN16O12. The van der Waals surface area contributed by atoms with Gasteiger partial charge in [0.25, 0.3) is 23.4 Å². The van der Waals surface area contributed by atoms with Crippen LogP contribution in [0.5, 0.6) is 0 Å². The zero-order chi connectivity index (χ0) is 98.0. The first-order valence-corrected chi connectivity index (χ1v) is 47.8. The van der Waals surface area contributed by atoms with Crippen molar-refractivity contribution in [1.29, 1.82) is 0 Å². The minimum Gasteiger partial charge on any atom is -0.850 e. The van der Waals surface area contributed by atoms with E-state index in [1.807, 2.05) is 157 Å². The summed E-state index contributed by atoms with van der Waals surface area (Å²) in [4.78, 5) is 106. The summed E-state index contributed by atoms with van der Waals surface area (Å²) in [6.45, 7) is 17.6. The number of amides is 4. The molecule has 1 saturated heterocycles. The van der Waals surface area contributed by atoms with E-state index < -0.39 is 40.9 Å². The number of Topliss-reactive ketones (excluding diaryl/α,β-unsaturated/α-hetero) is 2. The normalized spacial score (nSPS) is 11.7. The topological polar surface area (TPSA) is 378 Å². The maximum absolute atomic E-state index is 13.1. The van der Waals surface area contributed by atoms with E-state index in [1.54, 1.807) is 81.8 Å². The number of fused-ring (bicyclic) bond motifs is 7. The van der Waals surface area contributed by atoms with E-state index in [2.05, 4.69) is 135 Å². The third kappa shape index (κ3) is 38.5. The Morgan fingerprint density at radius 2 is 1.04 bits per heavy atom. The summed E-state index contributed by atoms with van der Waals surface area (Å²) in [6.07, 6.45) is 16.1. The van der Waals surface area contributed by atoms with Crippen molar-refractivity contribution in [3.8, 4) is 0 Å². The fourth-order valence-corrected chi connectivity index (χ4v) is 14.2. The van der Waals surface area contributed by atoms with Crippen LogP contribution >= 0.6 is 106 Å². The Labute approximate surface area is 880 Å². The number of nitrogens with zero attached hydrogens (tertiary/aromatic N) is 9. The molecular weight excluding hydrogens is 2050 g/mol. The van der Waals surface area contributed by atoms with Crippen LogP contribution in [0.25, 0.3) is 93.7 Å². The van der Waals surface area contributed by atoms with Gasteiger partial charge in [0.05, 0.1) is 82.8 Å². The molecule has 14 aromatic rings. The van der Waals surface area contributed by atoms with E-state index in [-0.39, 0.29) is 94.6 Å². The zero-order valence-electron chi connectivity index (χ0n) is 77.6. The number of hydrogen-bond donors (Lipinski definition) is 7. The molecule has 37 heteroatoms.